The molecule has 2 aromatic carbocycles. The summed E-state index contributed by atoms with van der Waals surface area (Å²) in [5, 5.41) is 3.88. The Hall–Kier alpha value is -1.60. The molecule has 1 unspecified atom stereocenters. The summed E-state index contributed by atoms with van der Waals surface area (Å²) in [6, 6.07) is 18.6. The van der Waals surface area contributed by atoms with Crippen molar-refractivity contribution in [3.05, 3.63) is 70.8 Å². The maximum Gasteiger partial charge on any atom is 0.0581 e. The molecule has 1 atom stereocenters. The van der Waals surface area contributed by atoms with Gasteiger partial charge in [0.25, 0.3) is 0 Å². The van der Waals surface area contributed by atoms with E-state index in [1.54, 1.807) is 0 Å². The van der Waals surface area contributed by atoms with E-state index >= 15 is 0 Å². The van der Waals surface area contributed by atoms with Gasteiger partial charge in [-0.2, -0.15) is 0 Å². The van der Waals surface area contributed by atoms with Gasteiger partial charge in [-0.3, -0.25) is 0 Å². The smallest absolute Gasteiger partial charge is 0.0581 e. The van der Waals surface area contributed by atoms with E-state index in [0.717, 1.165) is 5.92 Å². The second-order valence-electron chi connectivity index (χ2n) is 6.64. The van der Waals surface area contributed by atoms with Gasteiger partial charge < -0.3 is 5.32 Å². The number of hydrogen-bond acceptors (Lipinski definition) is 1. The molecule has 0 radical (unpaired) electrons. The molecule has 1 heteroatoms. The van der Waals surface area contributed by atoms with Gasteiger partial charge in [0.05, 0.1) is 6.04 Å². The van der Waals surface area contributed by atoms with E-state index in [1.807, 2.05) is 0 Å². The van der Waals surface area contributed by atoms with E-state index in [2.05, 4.69) is 74.6 Å². The van der Waals surface area contributed by atoms with Crippen molar-refractivity contribution in [2.45, 2.75) is 45.7 Å². The standard InChI is InChI=1S/C20H25N/c1-14-9-10-19(16(3)11-14)20(17-7-5-4-6-8-17)21-18-12-15(2)13-18/h4-11,15,18,20-21H,12-13H2,1-3H3. The molecule has 110 valence electrons. The second-order valence-corrected chi connectivity index (χ2v) is 6.64. The van der Waals surface area contributed by atoms with E-state index in [-0.39, 0.29) is 0 Å². The predicted octanol–water partition coefficient (Wildman–Crippen LogP) is 4.78. The minimum atomic E-state index is 0.310. The lowest BCUT2D eigenvalue weighted by Gasteiger charge is -2.37. The molecule has 2 aromatic rings. The lowest BCUT2D eigenvalue weighted by Crippen LogP contribution is -2.42. The topological polar surface area (TPSA) is 12.0 Å². The first-order valence-electron chi connectivity index (χ1n) is 8.01. The van der Waals surface area contributed by atoms with Crippen LogP contribution in [0.3, 0.4) is 0 Å². The molecule has 0 amide bonds. The van der Waals surface area contributed by atoms with E-state index in [1.165, 1.54) is 35.1 Å². The van der Waals surface area contributed by atoms with Gasteiger partial charge in [0.2, 0.25) is 0 Å². The lowest BCUT2D eigenvalue weighted by atomic mass is 9.80. The number of aryl methyl sites for hydroxylation is 2. The van der Waals surface area contributed by atoms with E-state index in [0.29, 0.717) is 12.1 Å². The van der Waals surface area contributed by atoms with Crippen LogP contribution in [0.5, 0.6) is 0 Å². The van der Waals surface area contributed by atoms with Crippen molar-refractivity contribution in [2.24, 2.45) is 5.92 Å². The average molecular weight is 279 g/mol. The average Bonchev–Trinajstić information content (AvgIpc) is 2.44. The van der Waals surface area contributed by atoms with Crippen LogP contribution in [0, 0.1) is 19.8 Å². The molecule has 0 heterocycles. The molecule has 3 rings (SSSR count). The Balaban J connectivity index is 1.91. The monoisotopic (exact) mass is 279 g/mol. The third kappa shape index (κ3) is 3.19. The van der Waals surface area contributed by atoms with Crippen LogP contribution >= 0.6 is 0 Å². The fraction of sp³-hybridized carbons (Fsp3) is 0.400. The summed E-state index contributed by atoms with van der Waals surface area (Å²) < 4.78 is 0. The van der Waals surface area contributed by atoms with Crippen molar-refractivity contribution in [3.8, 4) is 0 Å². The molecular weight excluding hydrogens is 254 g/mol. The number of benzene rings is 2. The van der Waals surface area contributed by atoms with Crippen LogP contribution in [-0.4, -0.2) is 6.04 Å². The van der Waals surface area contributed by atoms with E-state index in [4.69, 9.17) is 0 Å². The molecule has 0 aliphatic heterocycles. The first kappa shape index (κ1) is 14.3. The van der Waals surface area contributed by atoms with Crippen LogP contribution in [-0.2, 0) is 0 Å². The normalized spacial score (nSPS) is 22.6. The van der Waals surface area contributed by atoms with Crippen LogP contribution in [0.2, 0.25) is 0 Å². The lowest BCUT2D eigenvalue weighted by molar-refractivity contribution is 0.230. The van der Waals surface area contributed by atoms with Crippen LogP contribution in [0.1, 0.15) is 48.1 Å². The fourth-order valence-electron chi connectivity index (χ4n) is 3.43. The second kappa shape index (κ2) is 6.03. The Bertz CT molecular complexity index is 596. The largest absolute Gasteiger partial charge is 0.303 e. The molecule has 0 spiro atoms. The zero-order chi connectivity index (χ0) is 14.8. The summed E-state index contributed by atoms with van der Waals surface area (Å²) in [6.45, 7) is 6.73. The third-order valence-corrected chi connectivity index (χ3v) is 4.65. The maximum absolute atomic E-state index is 3.88. The SMILES string of the molecule is Cc1ccc(C(NC2CC(C)C2)c2ccccc2)c(C)c1. The van der Waals surface area contributed by atoms with Gasteiger partial charge in [-0.05, 0) is 49.3 Å². The van der Waals surface area contributed by atoms with Crippen LogP contribution in [0.15, 0.2) is 48.5 Å². The van der Waals surface area contributed by atoms with Gasteiger partial charge >= 0.3 is 0 Å². The highest BCUT2D eigenvalue weighted by atomic mass is 15.0. The molecular formula is C20H25N. The Morgan fingerprint density at radius 1 is 1.00 bits per heavy atom. The van der Waals surface area contributed by atoms with Gasteiger partial charge in [0, 0.05) is 6.04 Å². The summed E-state index contributed by atoms with van der Waals surface area (Å²) in [5.41, 5.74) is 5.49. The first-order chi connectivity index (χ1) is 10.1. The highest BCUT2D eigenvalue weighted by Gasteiger charge is 2.28. The number of nitrogens with one attached hydrogen (secondary N) is 1. The van der Waals surface area contributed by atoms with Crippen molar-refractivity contribution in [1.82, 2.24) is 5.32 Å². The number of rotatable bonds is 4. The summed E-state index contributed by atoms with van der Waals surface area (Å²) in [5.74, 6) is 0.873. The summed E-state index contributed by atoms with van der Waals surface area (Å²) >= 11 is 0. The Kier molecular flexibility index (Phi) is 4.12. The van der Waals surface area contributed by atoms with Gasteiger partial charge in [-0.25, -0.2) is 0 Å². The van der Waals surface area contributed by atoms with Gasteiger partial charge in [-0.1, -0.05) is 61.0 Å². The predicted molar refractivity (Wildman–Crippen MR) is 89.5 cm³/mol. The van der Waals surface area contributed by atoms with Crippen LogP contribution in [0.4, 0.5) is 0 Å². The highest BCUT2D eigenvalue weighted by Crippen LogP contribution is 2.32. The van der Waals surface area contributed by atoms with Crippen molar-refractivity contribution < 1.29 is 0 Å². The molecule has 1 saturated carbocycles. The first-order valence-corrected chi connectivity index (χ1v) is 8.01. The molecule has 0 saturated heterocycles. The Morgan fingerprint density at radius 3 is 2.33 bits per heavy atom. The van der Waals surface area contributed by atoms with Gasteiger partial charge in [-0.15, -0.1) is 0 Å². The molecule has 0 bridgehead atoms. The Labute approximate surface area is 128 Å². The van der Waals surface area contributed by atoms with E-state index in [9.17, 15) is 0 Å². The highest BCUT2D eigenvalue weighted by molar-refractivity contribution is 5.39. The zero-order valence-corrected chi connectivity index (χ0v) is 13.3. The molecule has 1 aliphatic rings. The summed E-state index contributed by atoms with van der Waals surface area (Å²) in [7, 11) is 0. The minimum Gasteiger partial charge on any atom is -0.303 e. The van der Waals surface area contributed by atoms with Crippen molar-refractivity contribution >= 4 is 0 Å². The number of hydrogen-bond donors (Lipinski definition) is 1. The molecule has 1 N–H and O–H groups in total. The van der Waals surface area contributed by atoms with Crippen molar-refractivity contribution in [1.29, 1.82) is 0 Å². The summed E-state index contributed by atoms with van der Waals surface area (Å²) in [4.78, 5) is 0. The zero-order valence-electron chi connectivity index (χ0n) is 13.3. The van der Waals surface area contributed by atoms with E-state index < -0.39 is 0 Å². The molecule has 1 nitrogen and oxygen atoms in total. The minimum absolute atomic E-state index is 0.310. The molecule has 0 aromatic heterocycles. The quantitative estimate of drug-likeness (QED) is 0.849. The molecule has 1 fully saturated rings. The fourth-order valence-corrected chi connectivity index (χ4v) is 3.43. The molecule has 1 aliphatic carbocycles. The Morgan fingerprint density at radius 2 is 1.71 bits per heavy atom. The molecule has 21 heavy (non-hydrogen) atoms. The maximum atomic E-state index is 3.88. The van der Waals surface area contributed by atoms with Crippen LogP contribution in [0.25, 0.3) is 0 Å². The van der Waals surface area contributed by atoms with Crippen LogP contribution < -0.4 is 5.32 Å². The van der Waals surface area contributed by atoms with Crippen molar-refractivity contribution in [2.75, 3.05) is 0 Å². The van der Waals surface area contributed by atoms with Crippen molar-refractivity contribution in [3.63, 3.8) is 0 Å². The summed E-state index contributed by atoms with van der Waals surface area (Å²) in [6.07, 6.45) is 2.60. The third-order valence-electron chi connectivity index (χ3n) is 4.65. The van der Waals surface area contributed by atoms with Gasteiger partial charge in [0.15, 0.2) is 0 Å². The van der Waals surface area contributed by atoms with Gasteiger partial charge in [0.1, 0.15) is 0 Å².